The Hall–Kier alpha value is -0.960. The minimum atomic E-state index is -4.44. The SMILES string of the molecule is FC(F)(F)C#C/C(=C\I)c1ccccc1. The second kappa shape index (κ2) is 5.21. The van der Waals surface area contributed by atoms with Crippen molar-refractivity contribution in [3.05, 3.63) is 40.0 Å². The van der Waals surface area contributed by atoms with E-state index in [1.807, 2.05) is 22.6 Å². The number of hydrogen-bond donors (Lipinski definition) is 0. The highest BCUT2D eigenvalue weighted by molar-refractivity contribution is 14.1. The summed E-state index contributed by atoms with van der Waals surface area (Å²) in [5, 5.41) is 0. The average molecular weight is 322 g/mol. The summed E-state index contributed by atoms with van der Waals surface area (Å²) in [4.78, 5) is 0. The monoisotopic (exact) mass is 322 g/mol. The van der Waals surface area contributed by atoms with Crippen LogP contribution in [0, 0.1) is 11.8 Å². The van der Waals surface area contributed by atoms with Crippen molar-refractivity contribution in [1.29, 1.82) is 0 Å². The Bertz CT molecular complexity index is 407. The molecule has 1 aromatic carbocycles. The number of hydrogen-bond acceptors (Lipinski definition) is 0. The molecule has 0 fully saturated rings. The predicted octanol–water partition coefficient (Wildman–Crippen LogP) is 4.03. The van der Waals surface area contributed by atoms with Crippen LogP contribution < -0.4 is 0 Å². The van der Waals surface area contributed by atoms with Crippen LogP contribution in [0.5, 0.6) is 0 Å². The molecule has 1 rings (SSSR count). The highest BCUT2D eigenvalue weighted by Crippen LogP contribution is 2.17. The molecule has 0 nitrogen and oxygen atoms in total. The van der Waals surface area contributed by atoms with Crippen LogP contribution in [0.25, 0.3) is 5.57 Å². The van der Waals surface area contributed by atoms with Crippen LogP contribution in [0.1, 0.15) is 5.56 Å². The van der Waals surface area contributed by atoms with Crippen molar-refractivity contribution in [2.24, 2.45) is 0 Å². The van der Waals surface area contributed by atoms with Crippen molar-refractivity contribution in [3.63, 3.8) is 0 Å². The average Bonchev–Trinajstić information content (AvgIpc) is 2.19. The fourth-order valence-electron chi connectivity index (χ4n) is 0.918. The highest BCUT2D eigenvalue weighted by atomic mass is 127. The van der Waals surface area contributed by atoms with Gasteiger partial charge in [0.05, 0.1) is 0 Å². The largest absolute Gasteiger partial charge is 0.458 e. The van der Waals surface area contributed by atoms with Crippen molar-refractivity contribution < 1.29 is 13.2 Å². The predicted molar refractivity (Wildman–Crippen MR) is 62.3 cm³/mol. The van der Waals surface area contributed by atoms with Crippen LogP contribution in [0.3, 0.4) is 0 Å². The third-order valence-corrected chi connectivity index (χ3v) is 2.16. The molecule has 0 aromatic heterocycles. The lowest BCUT2D eigenvalue weighted by Gasteiger charge is -1.98. The first-order chi connectivity index (χ1) is 7.03. The summed E-state index contributed by atoms with van der Waals surface area (Å²) >= 11 is 1.87. The van der Waals surface area contributed by atoms with E-state index in [2.05, 4.69) is 5.92 Å². The number of allylic oxidation sites excluding steroid dienone is 1. The van der Waals surface area contributed by atoms with Crippen LogP contribution in [-0.2, 0) is 0 Å². The van der Waals surface area contributed by atoms with Gasteiger partial charge in [0.15, 0.2) is 0 Å². The third kappa shape index (κ3) is 4.38. The number of halogens is 4. The van der Waals surface area contributed by atoms with E-state index in [9.17, 15) is 13.2 Å². The van der Waals surface area contributed by atoms with E-state index >= 15 is 0 Å². The smallest absolute Gasteiger partial charge is 0.159 e. The molecule has 0 saturated heterocycles. The molecule has 0 aliphatic heterocycles. The van der Waals surface area contributed by atoms with Gasteiger partial charge in [0.25, 0.3) is 0 Å². The van der Waals surface area contributed by atoms with Crippen LogP contribution in [0.15, 0.2) is 34.4 Å². The van der Waals surface area contributed by atoms with E-state index in [-0.39, 0.29) is 0 Å². The maximum absolute atomic E-state index is 11.9. The zero-order valence-electron chi connectivity index (χ0n) is 7.48. The van der Waals surface area contributed by atoms with Gasteiger partial charge in [0.2, 0.25) is 0 Å². The molecule has 0 unspecified atom stereocenters. The zero-order valence-corrected chi connectivity index (χ0v) is 9.63. The maximum atomic E-state index is 11.9. The molecule has 0 atom stereocenters. The third-order valence-electron chi connectivity index (χ3n) is 1.53. The lowest BCUT2D eigenvalue weighted by molar-refractivity contribution is -0.0696. The molecule has 0 heterocycles. The summed E-state index contributed by atoms with van der Waals surface area (Å²) in [5.74, 6) is 3.35. The second-order valence-corrected chi connectivity index (χ2v) is 3.26. The quantitative estimate of drug-likeness (QED) is 0.541. The van der Waals surface area contributed by atoms with Gasteiger partial charge in [-0.25, -0.2) is 0 Å². The molecule has 0 amide bonds. The molecule has 0 spiro atoms. The van der Waals surface area contributed by atoms with Gasteiger partial charge in [-0.05, 0) is 9.65 Å². The molecule has 78 valence electrons. The number of benzene rings is 1. The summed E-state index contributed by atoms with van der Waals surface area (Å²) in [7, 11) is 0. The van der Waals surface area contributed by atoms with Crippen molar-refractivity contribution >= 4 is 28.2 Å². The lowest BCUT2D eigenvalue weighted by Crippen LogP contribution is -2.01. The summed E-state index contributed by atoms with van der Waals surface area (Å²) < 4.78 is 37.1. The van der Waals surface area contributed by atoms with Crippen LogP contribution in [0.2, 0.25) is 0 Å². The Labute approximate surface area is 99.3 Å². The van der Waals surface area contributed by atoms with Crippen molar-refractivity contribution in [2.75, 3.05) is 0 Å². The molecule has 0 aliphatic carbocycles. The Balaban J connectivity index is 2.97. The molecule has 0 radical (unpaired) electrons. The van der Waals surface area contributed by atoms with E-state index in [1.165, 1.54) is 10.0 Å². The van der Waals surface area contributed by atoms with Gasteiger partial charge in [-0.1, -0.05) is 58.8 Å². The zero-order chi connectivity index (χ0) is 11.3. The fourth-order valence-corrected chi connectivity index (χ4v) is 1.43. The molecule has 0 bridgehead atoms. The summed E-state index contributed by atoms with van der Waals surface area (Å²) in [5.41, 5.74) is 1.05. The second-order valence-electron chi connectivity index (χ2n) is 2.64. The van der Waals surface area contributed by atoms with E-state index in [0.29, 0.717) is 11.1 Å². The van der Waals surface area contributed by atoms with Gasteiger partial charge >= 0.3 is 6.18 Å². The van der Waals surface area contributed by atoms with E-state index in [1.54, 1.807) is 30.3 Å². The van der Waals surface area contributed by atoms with Crippen molar-refractivity contribution in [3.8, 4) is 11.8 Å². The van der Waals surface area contributed by atoms with Gasteiger partial charge in [-0.2, -0.15) is 13.2 Å². The van der Waals surface area contributed by atoms with Crippen LogP contribution in [-0.4, -0.2) is 6.18 Å². The lowest BCUT2D eigenvalue weighted by atomic mass is 10.1. The van der Waals surface area contributed by atoms with Crippen molar-refractivity contribution in [1.82, 2.24) is 0 Å². The molecular weight excluding hydrogens is 316 g/mol. The van der Waals surface area contributed by atoms with Gasteiger partial charge in [-0.15, -0.1) is 0 Å². The summed E-state index contributed by atoms with van der Waals surface area (Å²) in [6.07, 6.45) is -4.44. The highest BCUT2D eigenvalue weighted by Gasteiger charge is 2.23. The minimum absolute atomic E-state index is 0.369. The Kier molecular flexibility index (Phi) is 4.21. The Morgan fingerprint density at radius 2 is 1.80 bits per heavy atom. The standard InChI is InChI=1S/C11H6F3I/c12-11(13,14)7-6-10(8-15)9-4-2-1-3-5-9/h1-5,8H/b10-8+. The normalized spacial score (nSPS) is 11.9. The first-order valence-electron chi connectivity index (χ1n) is 3.98. The first kappa shape index (κ1) is 12.1. The molecule has 4 heteroatoms. The molecule has 0 saturated carbocycles. The molecular formula is C11H6F3I. The molecule has 0 aliphatic rings. The molecule has 0 N–H and O–H groups in total. The summed E-state index contributed by atoms with van der Waals surface area (Å²) in [6.45, 7) is 0. The first-order valence-corrected chi connectivity index (χ1v) is 5.23. The molecule has 15 heavy (non-hydrogen) atoms. The van der Waals surface area contributed by atoms with Gasteiger partial charge in [0, 0.05) is 11.5 Å². The Morgan fingerprint density at radius 3 is 2.27 bits per heavy atom. The van der Waals surface area contributed by atoms with Crippen LogP contribution >= 0.6 is 22.6 Å². The van der Waals surface area contributed by atoms with Gasteiger partial charge < -0.3 is 0 Å². The number of alkyl halides is 3. The number of rotatable bonds is 1. The Morgan fingerprint density at radius 1 is 1.20 bits per heavy atom. The maximum Gasteiger partial charge on any atom is 0.458 e. The van der Waals surface area contributed by atoms with E-state index in [4.69, 9.17) is 0 Å². The topological polar surface area (TPSA) is 0 Å². The summed E-state index contributed by atoms with van der Waals surface area (Å²) in [6, 6.07) is 8.74. The van der Waals surface area contributed by atoms with Crippen molar-refractivity contribution in [2.45, 2.75) is 6.18 Å². The fraction of sp³-hybridized carbons (Fsp3) is 0.0909. The van der Waals surface area contributed by atoms with E-state index in [0.717, 1.165) is 0 Å². The minimum Gasteiger partial charge on any atom is -0.159 e. The van der Waals surface area contributed by atoms with Gasteiger partial charge in [0.1, 0.15) is 0 Å². The molecule has 1 aromatic rings. The van der Waals surface area contributed by atoms with Gasteiger partial charge in [-0.3, -0.25) is 0 Å². The van der Waals surface area contributed by atoms with Crippen LogP contribution in [0.4, 0.5) is 13.2 Å². The van der Waals surface area contributed by atoms with E-state index < -0.39 is 6.18 Å².